The van der Waals surface area contributed by atoms with Crippen molar-refractivity contribution in [1.82, 2.24) is 0 Å². The smallest absolute Gasteiger partial charge is 0.328 e. The normalized spacial score (nSPS) is 18.4. The first-order valence-electron chi connectivity index (χ1n) is 8.31. The van der Waals surface area contributed by atoms with Gasteiger partial charge in [0.05, 0.1) is 18.0 Å². The number of carbonyl (C=O) groups is 2. The maximum Gasteiger partial charge on any atom is 0.328 e. The molecule has 1 aliphatic rings. The Balaban J connectivity index is 2.31. The Morgan fingerprint density at radius 2 is 2.00 bits per heavy atom. The highest BCUT2D eigenvalue weighted by Gasteiger charge is 2.38. The summed E-state index contributed by atoms with van der Waals surface area (Å²) in [5.74, 6) is -0.0514. The van der Waals surface area contributed by atoms with Gasteiger partial charge in [0.2, 0.25) is 5.91 Å². The second-order valence-electron chi connectivity index (χ2n) is 6.40. The summed E-state index contributed by atoms with van der Waals surface area (Å²) in [6.07, 6.45) is 1.49. The second kappa shape index (κ2) is 7.49. The molecule has 2 atom stereocenters. The summed E-state index contributed by atoms with van der Waals surface area (Å²) < 4.78 is 5.23. The number of amides is 1. The number of nitrogens with zero attached hydrogens (tertiary/aromatic N) is 1. The van der Waals surface area contributed by atoms with Crippen LogP contribution in [0.5, 0.6) is 0 Å². The zero-order valence-electron chi connectivity index (χ0n) is 14.3. The van der Waals surface area contributed by atoms with Gasteiger partial charge in [-0.2, -0.15) is 0 Å². The predicted molar refractivity (Wildman–Crippen MR) is 91.5 cm³/mol. The van der Waals surface area contributed by atoms with Crippen molar-refractivity contribution in [3.8, 4) is 0 Å². The van der Waals surface area contributed by atoms with Crippen molar-refractivity contribution < 1.29 is 14.3 Å². The number of ether oxygens (including phenoxy) is 1. The molecule has 0 bridgehead atoms. The van der Waals surface area contributed by atoms with E-state index in [-0.39, 0.29) is 17.9 Å². The summed E-state index contributed by atoms with van der Waals surface area (Å²) in [6.45, 7) is 8.21. The Kier molecular flexibility index (Phi) is 5.64. The van der Waals surface area contributed by atoms with Crippen LogP contribution >= 0.6 is 0 Å². The number of anilines is 2. The highest BCUT2D eigenvalue weighted by atomic mass is 16.5. The summed E-state index contributed by atoms with van der Waals surface area (Å²) in [6, 6.07) is 6.64. The van der Waals surface area contributed by atoms with E-state index in [1.807, 2.05) is 31.2 Å². The lowest BCUT2D eigenvalue weighted by atomic mass is 9.98. The molecule has 1 N–H and O–H groups in total. The average Bonchev–Trinajstić information content (AvgIpc) is 2.52. The molecule has 0 fully saturated rings. The summed E-state index contributed by atoms with van der Waals surface area (Å²) in [4.78, 5) is 26.7. The third-order valence-corrected chi connectivity index (χ3v) is 3.91. The maximum atomic E-state index is 12.9. The minimum atomic E-state index is -0.632. The van der Waals surface area contributed by atoms with E-state index in [2.05, 4.69) is 19.2 Å². The molecule has 126 valence electrons. The highest BCUT2D eigenvalue weighted by molar-refractivity contribution is 6.08. The predicted octanol–water partition coefficient (Wildman–Crippen LogP) is 3.20. The van der Waals surface area contributed by atoms with Gasteiger partial charge in [-0.3, -0.25) is 9.69 Å². The molecule has 1 heterocycles. The Labute approximate surface area is 138 Å². The van der Waals surface area contributed by atoms with Crippen LogP contribution < -0.4 is 10.2 Å². The summed E-state index contributed by atoms with van der Waals surface area (Å²) in [7, 11) is 0. The van der Waals surface area contributed by atoms with Gasteiger partial charge in [-0.25, -0.2) is 4.79 Å². The second-order valence-corrected chi connectivity index (χ2v) is 6.40. The van der Waals surface area contributed by atoms with Crippen molar-refractivity contribution in [3.05, 3.63) is 24.3 Å². The van der Waals surface area contributed by atoms with Crippen molar-refractivity contribution >= 4 is 23.3 Å². The molecule has 0 radical (unpaired) electrons. The van der Waals surface area contributed by atoms with Crippen molar-refractivity contribution in [3.63, 3.8) is 0 Å². The molecule has 0 aromatic heterocycles. The van der Waals surface area contributed by atoms with E-state index >= 15 is 0 Å². The van der Waals surface area contributed by atoms with Crippen LogP contribution in [-0.4, -0.2) is 30.6 Å². The first-order valence-corrected chi connectivity index (χ1v) is 8.31. The minimum Gasteiger partial charge on any atom is -0.464 e. The molecule has 2 rings (SSSR count). The molecular weight excluding hydrogens is 292 g/mol. The molecule has 23 heavy (non-hydrogen) atoms. The van der Waals surface area contributed by atoms with Crippen LogP contribution in [0.25, 0.3) is 0 Å². The number of fused-ring (bicyclic) bond motifs is 1. The minimum absolute atomic E-state index is 0.0710. The molecule has 0 saturated carbocycles. The highest BCUT2D eigenvalue weighted by Crippen LogP contribution is 2.34. The van der Waals surface area contributed by atoms with Gasteiger partial charge in [0.25, 0.3) is 0 Å². The summed E-state index contributed by atoms with van der Waals surface area (Å²) in [5, 5.41) is 3.30. The van der Waals surface area contributed by atoms with Gasteiger partial charge in [-0.15, -0.1) is 0 Å². The van der Waals surface area contributed by atoms with Crippen LogP contribution in [0.4, 0.5) is 11.4 Å². The van der Waals surface area contributed by atoms with E-state index in [1.54, 1.807) is 11.8 Å². The molecule has 1 amide bonds. The molecule has 1 aliphatic heterocycles. The van der Waals surface area contributed by atoms with E-state index in [0.717, 1.165) is 24.2 Å². The molecule has 0 aliphatic carbocycles. The van der Waals surface area contributed by atoms with Gasteiger partial charge in [0.1, 0.15) is 12.1 Å². The molecule has 5 heteroatoms. The Morgan fingerprint density at radius 1 is 1.30 bits per heavy atom. The lowest BCUT2D eigenvalue weighted by molar-refractivity contribution is -0.146. The zero-order chi connectivity index (χ0) is 17.0. The first-order chi connectivity index (χ1) is 11.0. The fourth-order valence-corrected chi connectivity index (χ4v) is 2.80. The fourth-order valence-electron chi connectivity index (χ4n) is 2.80. The molecular formula is C18H26N2O3. The van der Waals surface area contributed by atoms with Crippen molar-refractivity contribution in [2.45, 2.75) is 52.6 Å². The quantitative estimate of drug-likeness (QED) is 0.818. The van der Waals surface area contributed by atoms with Crippen LogP contribution in [0.15, 0.2) is 24.3 Å². The van der Waals surface area contributed by atoms with Gasteiger partial charge in [-0.1, -0.05) is 32.9 Å². The number of benzene rings is 1. The lowest BCUT2D eigenvalue weighted by Crippen LogP contribution is -2.54. The van der Waals surface area contributed by atoms with Gasteiger partial charge in [0.15, 0.2) is 0 Å². The number of nitrogens with one attached hydrogen (secondary N) is 1. The van der Waals surface area contributed by atoms with Crippen LogP contribution in [0, 0.1) is 5.92 Å². The van der Waals surface area contributed by atoms with E-state index < -0.39 is 6.04 Å². The molecule has 0 saturated heterocycles. The summed E-state index contributed by atoms with van der Waals surface area (Å²) >= 11 is 0. The number of esters is 1. The number of para-hydroxylation sites is 2. The van der Waals surface area contributed by atoms with E-state index in [0.29, 0.717) is 12.5 Å². The topological polar surface area (TPSA) is 58.6 Å². The molecule has 0 spiro atoms. The number of rotatable bonds is 6. The molecule has 5 nitrogen and oxygen atoms in total. The maximum absolute atomic E-state index is 12.9. The van der Waals surface area contributed by atoms with Crippen LogP contribution in [0.2, 0.25) is 0 Å². The first kappa shape index (κ1) is 17.3. The van der Waals surface area contributed by atoms with E-state index in [1.165, 1.54) is 0 Å². The van der Waals surface area contributed by atoms with E-state index in [4.69, 9.17) is 4.74 Å². The number of hydrogen-bond acceptors (Lipinski definition) is 4. The average molecular weight is 318 g/mol. The monoisotopic (exact) mass is 318 g/mol. The third-order valence-electron chi connectivity index (χ3n) is 3.91. The molecule has 1 aromatic rings. The van der Waals surface area contributed by atoms with E-state index in [9.17, 15) is 9.59 Å². The van der Waals surface area contributed by atoms with Crippen LogP contribution in [0.1, 0.15) is 40.5 Å². The Morgan fingerprint density at radius 3 is 2.65 bits per heavy atom. The van der Waals surface area contributed by atoms with Crippen LogP contribution in [-0.2, 0) is 14.3 Å². The number of carbonyl (C=O) groups excluding carboxylic acids is 2. The number of hydrogen-bond donors (Lipinski definition) is 1. The lowest BCUT2D eigenvalue weighted by Gasteiger charge is -2.38. The van der Waals surface area contributed by atoms with Gasteiger partial charge in [-0.05, 0) is 37.8 Å². The molecule has 2 unspecified atom stereocenters. The largest absolute Gasteiger partial charge is 0.464 e. The molecule has 1 aromatic carbocycles. The fraction of sp³-hybridized carbons (Fsp3) is 0.556. The Hall–Kier alpha value is -2.04. The standard InChI is InChI=1S/C18H26N2O3/c1-5-10-23-18(22)13(4)20-16-9-7-6-8-14(16)19-15(17(20)21)11-12(2)3/h6-9,12-13,15,19H,5,10-11H2,1-4H3. The van der Waals surface area contributed by atoms with Crippen molar-refractivity contribution in [2.75, 3.05) is 16.8 Å². The summed E-state index contributed by atoms with van der Waals surface area (Å²) in [5.41, 5.74) is 1.62. The van der Waals surface area contributed by atoms with Gasteiger partial charge >= 0.3 is 5.97 Å². The van der Waals surface area contributed by atoms with Crippen LogP contribution in [0.3, 0.4) is 0 Å². The van der Waals surface area contributed by atoms with Gasteiger partial charge in [0, 0.05) is 0 Å². The Bertz CT molecular complexity index is 571. The van der Waals surface area contributed by atoms with Gasteiger partial charge < -0.3 is 10.1 Å². The third kappa shape index (κ3) is 3.84. The van der Waals surface area contributed by atoms with Crippen molar-refractivity contribution in [2.24, 2.45) is 5.92 Å². The zero-order valence-corrected chi connectivity index (χ0v) is 14.3. The SMILES string of the molecule is CCCOC(=O)C(C)N1C(=O)C(CC(C)C)Nc2ccccc21. The van der Waals surface area contributed by atoms with Crippen molar-refractivity contribution in [1.29, 1.82) is 0 Å².